The fourth-order valence-corrected chi connectivity index (χ4v) is 2.78. The molecule has 108 valence electrons. The van der Waals surface area contributed by atoms with E-state index in [4.69, 9.17) is 11.6 Å². The van der Waals surface area contributed by atoms with Crippen LogP contribution in [-0.4, -0.2) is 19.3 Å². The minimum Gasteiger partial charge on any atom is -0.293 e. The smallest absolute Gasteiger partial charge is 0.293 e. The number of hydrogen-bond donors (Lipinski definition) is 1. The van der Waals surface area contributed by atoms with Crippen LogP contribution in [0.25, 0.3) is 0 Å². The molecule has 2 aromatic rings. The van der Waals surface area contributed by atoms with Crippen molar-refractivity contribution in [1.29, 1.82) is 0 Å². The fraction of sp³-hybridized carbons (Fsp3) is 0.417. The molecule has 0 unspecified atom stereocenters. The molecule has 2 heterocycles. The van der Waals surface area contributed by atoms with Gasteiger partial charge in [-0.15, -0.1) is 0 Å². The summed E-state index contributed by atoms with van der Waals surface area (Å²) in [5, 5.41) is 4.45. The normalized spacial score (nSPS) is 11.0. The zero-order valence-corrected chi connectivity index (χ0v) is 13.5. The van der Waals surface area contributed by atoms with Gasteiger partial charge in [0.15, 0.2) is 0 Å². The maximum Gasteiger partial charge on any atom is 0.328 e. The summed E-state index contributed by atoms with van der Waals surface area (Å²) in [4.78, 5) is 25.2. The molecule has 0 atom stereocenters. The van der Waals surface area contributed by atoms with Crippen LogP contribution >= 0.6 is 27.5 Å². The third kappa shape index (κ3) is 2.73. The van der Waals surface area contributed by atoms with Gasteiger partial charge in [-0.1, -0.05) is 18.5 Å². The van der Waals surface area contributed by atoms with E-state index in [0.717, 1.165) is 22.3 Å². The molecule has 2 rings (SSSR count). The number of nitrogens with zero attached hydrogens (tertiary/aromatic N) is 3. The number of H-pyrrole nitrogens is 1. The van der Waals surface area contributed by atoms with E-state index in [1.165, 1.54) is 10.8 Å². The molecular weight excluding hydrogens is 348 g/mol. The Balaban J connectivity index is 2.50. The molecule has 6 nitrogen and oxygen atoms in total. The van der Waals surface area contributed by atoms with Crippen molar-refractivity contribution in [2.45, 2.75) is 33.4 Å². The van der Waals surface area contributed by atoms with Crippen LogP contribution in [0, 0.1) is 0 Å². The van der Waals surface area contributed by atoms with E-state index in [1.54, 1.807) is 0 Å². The van der Waals surface area contributed by atoms with Crippen molar-refractivity contribution < 1.29 is 0 Å². The van der Waals surface area contributed by atoms with Gasteiger partial charge in [0, 0.05) is 12.7 Å². The molecule has 0 aromatic carbocycles. The SMILES string of the molecule is CCc1nn(CC)c(Cn2cc(Cl)c(=O)[nH]c2=O)c1Br. The molecule has 0 amide bonds. The van der Waals surface area contributed by atoms with Crippen LogP contribution in [0.4, 0.5) is 0 Å². The zero-order valence-electron chi connectivity index (χ0n) is 11.1. The molecule has 0 aliphatic carbocycles. The molecular formula is C12H14BrClN4O2. The number of aromatic nitrogens is 4. The molecule has 0 radical (unpaired) electrons. The van der Waals surface area contributed by atoms with Gasteiger partial charge in [0.2, 0.25) is 0 Å². The highest BCUT2D eigenvalue weighted by Crippen LogP contribution is 2.22. The minimum atomic E-state index is -0.578. The summed E-state index contributed by atoms with van der Waals surface area (Å²) in [7, 11) is 0. The van der Waals surface area contributed by atoms with E-state index in [2.05, 4.69) is 26.0 Å². The van der Waals surface area contributed by atoms with Crippen molar-refractivity contribution >= 4 is 27.5 Å². The topological polar surface area (TPSA) is 72.7 Å². The van der Waals surface area contributed by atoms with Crippen LogP contribution < -0.4 is 11.2 Å². The van der Waals surface area contributed by atoms with Gasteiger partial charge < -0.3 is 0 Å². The van der Waals surface area contributed by atoms with E-state index in [1.807, 2.05) is 18.5 Å². The molecule has 0 bridgehead atoms. The number of aromatic amines is 1. The first-order valence-electron chi connectivity index (χ1n) is 6.21. The van der Waals surface area contributed by atoms with Gasteiger partial charge >= 0.3 is 5.69 Å². The van der Waals surface area contributed by atoms with Gasteiger partial charge in [0.1, 0.15) is 5.02 Å². The van der Waals surface area contributed by atoms with E-state index in [-0.39, 0.29) is 11.6 Å². The summed E-state index contributed by atoms with van der Waals surface area (Å²) in [6.45, 7) is 4.97. The van der Waals surface area contributed by atoms with Gasteiger partial charge in [0.05, 0.1) is 22.4 Å². The van der Waals surface area contributed by atoms with E-state index >= 15 is 0 Å². The van der Waals surface area contributed by atoms with Crippen LogP contribution in [0.3, 0.4) is 0 Å². The molecule has 0 saturated heterocycles. The summed E-state index contributed by atoms with van der Waals surface area (Å²) >= 11 is 9.27. The maximum atomic E-state index is 11.8. The number of aryl methyl sites for hydroxylation is 2. The number of halogens is 2. The first-order chi connectivity index (χ1) is 9.47. The highest BCUT2D eigenvalue weighted by Gasteiger charge is 2.15. The van der Waals surface area contributed by atoms with Crippen molar-refractivity contribution in [1.82, 2.24) is 19.3 Å². The van der Waals surface area contributed by atoms with E-state index in [9.17, 15) is 9.59 Å². The lowest BCUT2D eigenvalue weighted by Crippen LogP contribution is -2.30. The Hall–Kier alpha value is -1.34. The van der Waals surface area contributed by atoms with Crippen molar-refractivity contribution in [2.24, 2.45) is 0 Å². The standard InChI is InChI=1S/C12H14BrClN4O2/c1-3-8-10(13)9(18(4-2)16-8)6-17-5-7(14)11(19)15-12(17)20/h5H,3-4,6H2,1-2H3,(H,15,19,20). The second-order valence-electron chi connectivity index (χ2n) is 4.24. The minimum absolute atomic E-state index is 0.0148. The lowest BCUT2D eigenvalue weighted by Gasteiger charge is -2.08. The van der Waals surface area contributed by atoms with Crippen LogP contribution in [0.1, 0.15) is 25.2 Å². The van der Waals surface area contributed by atoms with Gasteiger partial charge in [-0.3, -0.25) is 19.0 Å². The molecule has 1 N–H and O–H groups in total. The van der Waals surface area contributed by atoms with Gasteiger partial charge in [0.25, 0.3) is 5.56 Å². The average Bonchev–Trinajstić information content (AvgIpc) is 2.72. The van der Waals surface area contributed by atoms with Crippen LogP contribution in [0.5, 0.6) is 0 Å². The van der Waals surface area contributed by atoms with Crippen molar-refractivity contribution in [2.75, 3.05) is 0 Å². The molecule has 0 aliphatic heterocycles. The molecule has 0 saturated carbocycles. The maximum absolute atomic E-state index is 11.8. The third-order valence-corrected chi connectivity index (χ3v) is 4.17. The van der Waals surface area contributed by atoms with Crippen molar-refractivity contribution in [3.8, 4) is 0 Å². The first kappa shape index (κ1) is 15.1. The monoisotopic (exact) mass is 360 g/mol. The van der Waals surface area contributed by atoms with E-state index < -0.39 is 11.2 Å². The highest BCUT2D eigenvalue weighted by atomic mass is 79.9. The Morgan fingerprint density at radius 2 is 2.10 bits per heavy atom. The molecule has 8 heteroatoms. The quantitative estimate of drug-likeness (QED) is 0.902. The lowest BCUT2D eigenvalue weighted by atomic mass is 10.3. The van der Waals surface area contributed by atoms with Gasteiger partial charge in [-0.2, -0.15) is 5.10 Å². The Labute approximate surface area is 128 Å². The Bertz CT molecular complexity index is 747. The molecule has 2 aromatic heterocycles. The largest absolute Gasteiger partial charge is 0.328 e. The van der Waals surface area contributed by atoms with Crippen molar-refractivity contribution in [3.63, 3.8) is 0 Å². The second kappa shape index (κ2) is 5.97. The Morgan fingerprint density at radius 1 is 1.40 bits per heavy atom. The number of rotatable bonds is 4. The predicted octanol–water partition coefficient (Wildman–Crippen LogP) is 1.78. The highest BCUT2D eigenvalue weighted by molar-refractivity contribution is 9.10. The van der Waals surface area contributed by atoms with Gasteiger partial charge in [-0.05, 0) is 29.3 Å². The molecule has 0 spiro atoms. The van der Waals surface area contributed by atoms with Crippen molar-refractivity contribution in [3.05, 3.63) is 47.9 Å². The Kier molecular flexibility index (Phi) is 4.49. The number of hydrogen-bond acceptors (Lipinski definition) is 3. The summed E-state index contributed by atoms with van der Waals surface area (Å²) in [6, 6.07) is 0. The molecule has 0 aliphatic rings. The third-order valence-electron chi connectivity index (χ3n) is 2.98. The summed E-state index contributed by atoms with van der Waals surface area (Å²) in [5.41, 5.74) is 0.735. The number of nitrogens with one attached hydrogen (secondary N) is 1. The van der Waals surface area contributed by atoms with Gasteiger partial charge in [-0.25, -0.2) is 4.79 Å². The van der Waals surface area contributed by atoms with E-state index in [0.29, 0.717) is 6.54 Å². The molecule has 0 fully saturated rings. The van der Waals surface area contributed by atoms with Crippen LogP contribution in [-0.2, 0) is 19.5 Å². The summed E-state index contributed by atoms with van der Waals surface area (Å²) in [6.07, 6.45) is 2.13. The fourth-order valence-electron chi connectivity index (χ4n) is 1.93. The second-order valence-corrected chi connectivity index (χ2v) is 5.44. The first-order valence-corrected chi connectivity index (χ1v) is 7.38. The van der Waals surface area contributed by atoms with Crippen LogP contribution in [0.2, 0.25) is 5.02 Å². The zero-order chi connectivity index (χ0) is 14.9. The molecule has 20 heavy (non-hydrogen) atoms. The van der Waals surface area contributed by atoms with Crippen LogP contribution in [0.15, 0.2) is 20.3 Å². The summed E-state index contributed by atoms with van der Waals surface area (Å²) < 4.78 is 4.07. The predicted molar refractivity (Wildman–Crippen MR) is 80.4 cm³/mol. The lowest BCUT2D eigenvalue weighted by molar-refractivity contribution is 0.583. The Morgan fingerprint density at radius 3 is 2.70 bits per heavy atom. The average molecular weight is 362 g/mol. The summed E-state index contributed by atoms with van der Waals surface area (Å²) in [5.74, 6) is 0.